The average molecular weight is 335 g/mol. The number of benzene rings is 1. The lowest BCUT2D eigenvalue weighted by molar-refractivity contribution is -0.128. The Morgan fingerprint density at radius 1 is 1.25 bits per heavy atom. The third-order valence-electron chi connectivity index (χ3n) is 3.97. The zero-order chi connectivity index (χ0) is 17.5. The Morgan fingerprint density at radius 3 is 2.50 bits per heavy atom. The standard InChI is InChI=1S/C17H19F2N3O2/c1-17(2,3)16-20-15(24-21-16)11-6-14(23)22(9-11)8-10-4-12(18)7-13(19)5-10/h4-5,7,11H,6,8-9H2,1-3H3. The van der Waals surface area contributed by atoms with Gasteiger partial charge in [0.25, 0.3) is 0 Å². The van der Waals surface area contributed by atoms with Crippen molar-refractivity contribution in [3.8, 4) is 0 Å². The molecule has 1 unspecified atom stereocenters. The van der Waals surface area contributed by atoms with Crippen LogP contribution in [0.15, 0.2) is 22.7 Å². The normalized spacial score (nSPS) is 18.5. The van der Waals surface area contributed by atoms with Crippen molar-refractivity contribution in [3.63, 3.8) is 0 Å². The summed E-state index contributed by atoms with van der Waals surface area (Å²) in [5.41, 5.74) is 0.186. The van der Waals surface area contributed by atoms with Crippen molar-refractivity contribution in [2.75, 3.05) is 6.54 Å². The summed E-state index contributed by atoms with van der Waals surface area (Å²) >= 11 is 0. The van der Waals surface area contributed by atoms with E-state index in [-0.39, 0.29) is 30.2 Å². The Balaban J connectivity index is 1.72. The second-order valence-electron chi connectivity index (χ2n) is 7.16. The van der Waals surface area contributed by atoms with Crippen molar-refractivity contribution in [2.45, 2.75) is 45.1 Å². The predicted octanol–water partition coefficient (Wildman–Crippen LogP) is 3.16. The van der Waals surface area contributed by atoms with Crippen LogP contribution in [0.3, 0.4) is 0 Å². The molecule has 1 aliphatic heterocycles. The molecule has 1 atom stereocenters. The van der Waals surface area contributed by atoms with Crippen LogP contribution in [0.1, 0.15) is 50.4 Å². The minimum absolute atomic E-state index is 0.0971. The number of carbonyl (C=O) groups is 1. The number of aromatic nitrogens is 2. The van der Waals surface area contributed by atoms with E-state index in [0.717, 1.165) is 6.07 Å². The van der Waals surface area contributed by atoms with Gasteiger partial charge in [-0.2, -0.15) is 4.98 Å². The van der Waals surface area contributed by atoms with E-state index < -0.39 is 11.6 Å². The third kappa shape index (κ3) is 3.44. The Bertz CT molecular complexity index is 747. The first-order valence-electron chi connectivity index (χ1n) is 7.79. The van der Waals surface area contributed by atoms with E-state index in [1.807, 2.05) is 20.8 Å². The van der Waals surface area contributed by atoms with Gasteiger partial charge in [-0.3, -0.25) is 4.79 Å². The summed E-state index contributed by atoms with van der Waals surface area (Å²) in [4.78, 5) is 18.1. The van der Waals surface area contributed by atoms with Gasteiger partial charge in [-0.05, 0) is 17.7 Å². The largest absolute Gasteiger partial charge is 0.339 e. The molecule has 2 aromatic rings. The number of amides is 1. The SMILES string of the molecule is CC(C)(C)c1noc(C2CC(=O)N(Cc3cc(F)cc(F)c3)C2)n1. The number of halogens is 2. The van der Waals surface area contributed by atoms with E-state index in [0.29, 0.717) is 23.8 Å². The van der Waals surface area contributed by atoms with E-state index in [2.05, 4.69) is 10.1 Å². The van der Waals surface area contributed by atoms with Crippen molar-refractivity contribution >= 4 is 5.91 Å². The monoisotopic (exact) mass is 335 g/mol. The molecule has 3 rings (SSSR count). The lowest BCUT2D eigenvalue weighted by Gasteiger charge is -2.16. The molecule has 1 aromatic heterocycles. The van der Waals surface area contributed by atoms with Gasteiger partial charge in [0, 0.05) is 31.0 Å². The molecule has 24 heavy (non-hydrogen) atoms. The highest BCUT2D eigenvalue weighted by Gasteiger charge is 2.35. The van der Waals surface area contributed by atoms with Crippen LogP contribution in [-0.4, -0.2) is 27.5 Å². The van der Waals surface area contributed by atoms with E-state index in [1.54, 1.807) is 4.90 Å². The lowest BCUT2D eigenvalue weighted by atomic mass is 9.96. The van der Waals surface area contributed by atoms with Crippen LogP contribution in [0.5, 0.6) is 0 Å². The molecule has 7 heteroatoms. The van der Waals surface area contributed by atoms with Gasteiger partial charge in [0.1, 0.15) is 11.6 Å². The molecule has 0 N–H and O–H groups in total. The number of carbonyl (C=O) groups excluding carboxylic acids is 1. The van der Waals surface area contributed by atoms with Crippen molar-refractivity contribution in [1.29, 1.82) is 0 Å². The fraction of sp³-hybridized carbons (Fsp3) is 0.471. The minimum Gasteiger partial charge on any atom is -0.339 e. The maximum atomic E-state index is 13.3. The molecule has 128 valence electrons. The van der Waals surface area contributed by atoms with Crippen LogP contribution >= 0.6 is 0 Å². The second kappa shape index (κ2) is 5.96. The highest BCUT2D eigenvalue weighted by molar-refractivity contribution is 5.79. The van der Waals surface area contributed by atoms with Gasteiger partial charge in [0.05, 0.1) is 5.92 Å². The van der Waals surface area contributed by atoms with Gasteiger partial charge >= 0.3 is 0 Å². The molecule has 5 nitrogen and oxygen atoms in total. The number of likely N-dealkylation sites (tertiary alicyclic amines) is 1. The second-order valence-corrected chi connectivity index (χ2v) is 7.16. The summed E-state index contributed by atoms with van der Waals surface area (Å²) in [7, 11) is 0. The molecule has 2 heterocycles. The van der Waals surface area contributed by atoms with Gasteiger partial charge in [-0.15, -0.1) is 0 Å². The molecule has 1 aromatic carbocycles. The predicted molar refractivity (Wildman–Crippen MR) is 82.1 cm³/mol. The van der Waals surface area contributed by atoms with Gasteiger partial charge < -0.3 is 9.42 Å². The van der Waals surface area contributed by atoms with E-state index in [4.69, 9.17) is 4.52 Å². The molecule has 1 amide bonds. The number of hydrogen-bond donors (Lipinski definition) is 0. The van der Waals surface area contributed by atoms with Gasteiger partial charge in [0.2, 0.25) is 11.8 Å². The topological polar surface area (TPSA) is 59.2 Å². The van der Waals surface area contributed by atoms with Crippen molar-refractivity contribution in [1.82, 2.24) is 15.0 Å². The summed E-state index contributed by atoms with van der Waals surface area (Å²) in [6, 6.07) is 3.27. The first-order chi connectivity index (χ1) is 11.2. The van der Waals surface area contributed by atoms with Crippen molar-refractivity contribution in [3.05, 3.63) is 47.1 Å². The van der Waals surface area contributed by atoms with Crippen LogP contribution in [0.2, 0.25) is 0 Å². The maximum absolute atomic E-state index is 13.3. The zero-order valence-corrected chi connectivity index (χ0v) is 13.8. The Labute approximate surface area is 138 Å². The molecule has 1 aliphatic rings. The fourth-order valence-corrected chi connectivity index (χ4v) is 2.72. The number of rotatable bonds is 3. The van der Waals surface area contributed by atoms with Crippen LogP contribution < -0.4 is 0 Å². The lowest BCUT2D eigenvalue weighted by Crippen LogP contribution is -2.24. The van der Waals surface area contributed by atoms with Crippen LogP contribution in [0.25, 0.3) is 0 Å². The number of hydrogen-bond acceptors (Lipinski definition) is 4. The molecule has 0 saturated carbocycles. The van der Waals surface area contributed by atoms with Gasteiger partial charge in [-0.1, -0.05) is 25.9 Å². The Kier molecular flexibility index (Phi) is 4.11. The molecule has 0 spiro atoms. The highest BCUT2D eigenvalue weighted by atomic mass is 19.1. The summed E-state index contributed by atoms with van der Waals surface area (Å²) < 4.78 is 31.9. The Morgan fingerprint density at radius 2 is 1.92 bits per heavy atom. The van der Waals surface area contributed by atoms with Crippen molar-refractivity contribution in [2.24, 2.45) is 0 Å². The van der Waals surface area contributed by atoms with Gasteiger partial charge in [-0.25, -0.2) is 8.78 Å². The molecular weight excluding hydrogens is 316 g/mol. The molecule has 1 saturated heterocycles. The summed E-state index contributed by atoms with van der Waals surface area (Å²) in [5.74, 6) is -0.573. The number of nitrogens with zero attached hydrogens (tertiary/aromatic N) is 3. The van der Waals surface area contributed by atoms with E-state index >= 15 is 0 Å². The van der Waals surface area contributed by atoms with Gasteiger partial charge in [0.15, 0.2) is 5.82 Å². The smallest absolute Gasteiger partial charge is 0.232 e. The molecule has 1 fully saturated rings. The Hall–Kier alpha value is -2.31. The van der Waals surface area contributed by atoms with Crippen LogP contribution in [-0.2, 0) is 16.8 Å². The first kappa shape index (κ1) is 16.5. The summed E-state index contributed by atoms with van der Waals surface area (Å²) in [6.45, 7) is 6.48. The highest BCUT2D eigenvalue weighted by Crippen LogP contribution is 2.30. The zero-order valence-electron chi connectivity index (χ0n) is 13.8. The van der Waals surface area contributed by atoms with E-state index in [9.17, 15) is 13.6 Å². The molecule has 0 radical (unpaired) electrons. The maximum Gasteiger partial charge on any atom is 0.232 e. The van der Waals surface area contributed by atoms with E-state index in [1.165, 1.54) is 12.1 Å². The fourth-order valence-electron chi connectivity index (χ4n) is 2.72. The summed E-state index contributed by atoms with van der Waals surface area (Å²) in [6.07, 6.45) is 0.254. The first-order valence-corrected chi connectivity index (χ1v) is 7.79. The average Bonchev–Trinajstić information content (AvgIpc) is 3.05. The molecule has 0 bridgehead atoms. The summed E-state index contributed by atoms with van der Waals surface area (Å²) in [5, 5.41) is 3.97. The molecule has 0 aliphatic carbocycles. The van der Waals surface area contributed by atoms with Crippen LogP contribution in [0.4, 0.5) is 8.78 Å². The third-order valence-corrected chi connectivity index (χ3v) is 3.97. The van der Waals surface area contributed by atoms with Crippen LogP contribution in [0, 0.1) is 11.6 Å². The minimum atomic E-state index is -0.653. The quantitative estimate of drug-likeness (QED) is 0.864. The molecular formula is C17H19F2N3O2. The van der Waals surface area contributed by atoms with Crippen molar-refractivity contribution < 1.29 is 18.1 Å².